The number of hydrogen-bond donors (Lipinski definition) is 0. The van der Waals surface area contributed by atoms with Gasteiger partial charge in [-0.3, -0.25) is 0 Å². The molecular formula is C17H40O3P2. The zero-order chi connectivity index (χ0) is 17.5. The molecule has 0 unspecified atom stereocenters. The minimum atomic E-state index is -4.14. The van der Waals surface area contributed by atoms with Crippen molar-refractivity contribution in [3.8, 4) is 0 Å². The van der Waals surface area contributed by atoms with E-state index in [1.165, 1.54) is 51.4 Å². The Balaban J connectivity index is -0.000000578. The van der Waals surface area contributed by atoms with Gasteiger partial charge in [0.1, 0.15) is 0 Å². The lowest BCUT2D eigenvalue weighted by Gasteiger charge is -2.28. The molecule has 0 fully saturated rings. The van der Waals surface area contributed by atoms with Gasteiger partial charge in [0.25, 0.3) is 0 Å². The van der Waals surface area contributed by atoms with Crippen molar-refractivity contribution in [2.45, 2.75) is 79.1 Å². The quantitative estimate of drug-likeness (QED) is 0.471. The number of rotatable bonds is 12. The van der Waals surface area contributed by atoms with Crippen LogP contribution in [-0.2, 0) is 4.57 Å². The van der Waals surface area contributed by atoms with Crippen molar-refractivity contribution in [1.82, 2.24) is 0 Å². The molecule has 0 aromatic heterocycles. The Kier molecular flexibility index (Phi) is 17.1. The van der Waals surface area contributed by atoms with Crippen LogP contribution in [0.5, 0.6) is 0 Å². The molecule has 0 atom stereocenters. The first-order valence-corrected chi connectivity index (χ1v) is 13.6. The van der Waals surface area contributed by atoms with Crippen LogP contribution < -0.4 is 9.79 Å². The zero-order valence-electron chi connectivity index (χ0n) is 16.6. The minimum absolute atomic E-state index is 0. The molecule has 5 heteroatoms. The summed E-state index contributed by atoms with van der Waals surface area (Å²) < 4.78 is 9.10. The van der Waals surface area contributed by atoms with Crippen molar-refractivity contribution in [1.29, 1.82) is 0 Å². The van der Waals surface area contributed by atoms with Crippen molar-refractivity contribution in [2.24, 2.45) is 0 Å². The topological polar surface area (TPSA) is 63.2 Å². The molecule has 0 spiro atoms. The van der Waals surface area contributed by atoms with Crippen molar-refractivity contribution < 1.29 is 15.8 Å². The van der Waals surface area contributed by atoms with Gasteiger partial charge in [0, 0.05) is 7.26 Å². The third-order valence-electron chi connectivity index (χ3n) is 3.94. The van der Waals surface area contributed by atoms with E-state index < -0.39 is 14.9 Å². The number of unbranched alkanes of at least 4 members (excludes halogenated alkanes) is 4. The fraction of sp³-hybridized carbons (Fsp3) is 1.00. The van der Waals surface area contributed by atoms with Crippen LogP contribution in [0.4, 0.5) is 0 Å². The molecule has 0 saturated heterocycles. The van der Waals surface area contributed by atoms with Gasteiger partial charge in [-0.1, -0.05) is 61.0 Å². The molecule has 0 aliphatic carbocycles. The molecule has 0 aromatic carbocycles. The van der Waals surface area contributed by atoms with Gasteiger partial charge in [-0.15, -0.1) is 0 Å². The summed E-state index contributed by atoms with van der Waals surface area (Å²) in [6, 6.07) is 0. The maximum Gasteiger partial charge on any atom is 1.00 e. The maximum absolute atomic E-state index is 9.10. The lowest BCUT2D eigenvalue weighted by atomic mass is 10.4. The third kappa shape index (κ3) is 18.6. The summed E-state index contributed by atoms with van der Waals surface area (Å²) in [5, 5.41) is 0. The Morgan fingerprint density at radius 3 is 1.05 bits per heavy atom. The van der Waals surface area contributed by atoms with Crippen LogP contribution in [0.1, 0.15) is 80.5 Å². The normalized spacial score (nSPS) is 12.0. The van der Waals surface area contributed by atoms with Crippen LogP contribution in [0.25, 0.3) is 0 Å². The average Bonchev–Trinajstić information content (AvgIpc) is 2.44. The first-order valence-electron chi connectivity index (χ1n) is 9.09. The standard InChI is InChI=1S/C16H36P.CH5O3P/c1-5-9-13-17(14-10-6-2,15-11-7-3)16-12-8-4;1-5(2,3)4/h5-16H2,1-4H3;1H3,(H2,2,3,4)/q+1;/p-1. The molecule has 0 N–H and O–H groups in total. The molecule has 0 radical (unpaired) electrons. The highest BCUT2D eigenvalue weighted by Crippen LogP contribution is 2.61. The van der Waals surface area contributed by atoms with Crippen molar-refractivity contribution >= 4 is 14.9 Å². The second kappa shape index (κ2) is 15.1. The first kappa shape index (κ1) is 24.8. The molecule has 3 nitrogen and oxygen atoms in total. The van der Waals surface area contributed by atoms with Crippen LogP contribution in [-0.4, -0.2) is 31.3 Å². The SMILES string of the molecule is CCCC[P+](CCCC)(CCCC)CCCC.CP(=O)([O-])[O-].[H+]. The summed E-state index contributed by atoms with van der Waals surface area (Å²) >= 11 is 0. The van der Waals surface area contributed by atoms with Gasteiger partial charge in [0.05, 0.1) is 24.6 Å². The summed E-state index contributed by atoms with van der Waals surface area (Å²) in [6.07, 6.45) is 17.9. The average molecular weight is 354 g/mol. The summed E-state index contributed by atoms with van der Waals surface area (Å²) in [6.45, 7) is 10.1. The lowest BCUT2D eigenvalue weighted by molar-refractivity contribution is -0.311. The van der Waals surface area contributed by atoms with E-state index in [1.807, 2.05) is 0 Å². The molecule has 0 bridgehead atoms. The van der Waals surface area contributed by atoms with E-state index in [1.54, 1.807) is 24.6 Å². The molecule has 0 amide bonds. The van der Waals surface area contributed by atoms with Gasteiger partial charge in [0.15, 0.2) is 0 Å². The van der Waals surface area contributed by atoms with E-state index in [9.17, 15) is 0 Å². The van der Waals surface area contributed by atoms with Gasteiger partial charge in [-0.25, -0.2) is 0 Å². The first-order chi connectivity index (χ1) is 10.2. The van der Waals surface area contributed by atoms with Crippen molar-refractivity contribution in [3.05, 3.63) is 0 Å². The Morgan fingerprint density at radius 1 is 0.727 bits per heavy atom. The fourth-order valence-corrected chi connectivity index (χ4v) is 7.93. The Morgan fingerprint density at radius 2 is 0.909 bits per heavy atom. The van der Waals surface area contributed by atoms with Crippen LogP contribution in [0, 0.1) is 0 Å². The van der Waals surface area contributed by atoms with Crippen LogP contribution in [0.3, 0.4) is 0 Å². The van der Waals surface area contributed by atoms with Crippen molar-refractivity contribution in [3.63, 3.8) is 0 Å². The fourth-order valence-electron chi connectivity index (χ4n) is 2.64. The minimum Gasteiger partial charge on any atom is -0.811 e. The lowest BCUT2D eigenvalue weighted by Crippen LogP contribution is -2.12. The van der Waals surface area contributed by atoms with E-state index in [0.717, 1.165) is 0 Å². The smallest absolute Gasteiger partial charge is 0.811 e. The van der Waals surface area contributed by atoms with E-state index in [4.69, 9.17) is 14.4 Å². The van der Waals surface area contributed by atoms with E-state index in [2.05, 4.69) is 27.7 Å². The molecule has 136 valence electrons. The molecule has 0 rings (SSSR count). The summed E-state index contributed by atoms with van der Waals surface area (Å²) in [4.78, 5) is 18.2. The second-order valence-electron chi connectivity index (χ2n) is 6.42. The van der Waals surface area contributed by atoms with E-state index >= 15 is 0 Å². The van der Waals surface area contributed by atoms with Crippen LogP contribution in [0.2, 0.25) is 0 Å². The summed E-state index contributed by atoms with van der Waals surface area (Å²) in [5.41, 5.74) is 0. The predicted molar refractivity (Wildman–Crippen MR) is 101 cm³/mol. The van der Waals surface area contributed by atoms with E-state index in [-0.39, 0.29) is 1.43 Å². The predicted octanol–water partition coefficient (Wildman–Crippen LogP) is 4.85. The van der Waals surface area contributed by atoms with Gasteiger partial charge in [0.2, 0.25) is 0 Å². The van der Waals surface area contributed by atoms with Gasteiger partial charge < -0.3 is 14.4 Å². The summed E-state index contributed by atoms with van der Waals surface area (Å²) in [7, 11) is -4.70. The highest BCUT2D eigenvalue weighted by molar-refractivity contribution is 7.75. The molecule has 0 heterocycles. The molecule has 0 aromatic rings. The summed E-state index contributed by atoms with van der Waals surface area (Å²) in [5.74, 6) is 0. The van der Waals surface area contributed by atoms with Gasteiger partial charge >= 0.3 is 1.43 Å². The van der Waals surface area contributed by atoms with Crippen LogP contribution >= 0.6 is 14.9 Å². The van der Waals surface area contributed by atoms with Gasteiger partial charge in [-0.05, 0) is 32.3 Å². The molecule has 0 aliphatic heterocycles. The van der Waals surface area contributed by atoms with E-state index in [0.29, 0.717) is 6.66 Å². The van der Waals surface area contributed by atoms with Gasteiger partial charge in [-0.2, -0.15) is 0 Å². The Hall–Kier alpha value is 0.580. The monoisotopic (exact) mass is 354 g/mol. The third-order valence-corrected chi connectivity index (χ3v) is 9.00. The largest absolute Gasteiger partial charge is 1.00 e. The highest BCUT2D eigenvalue weighted by Gasteiger charge is 2.34. The second-order valence-corrected chi connectivity index (χ2v) is 12.4. The molecular weight excluding hydrogens is 314 g/mol. The zero-order valence-corrected chi connectivity index (χ0v) is 17.4. The number of hydrogen-bond acceptors (Lipinski definition) is 3. The molecule has 0 saturated carbocycles. The van der Waals surface area contributed by atoms with Crippen molar-refractivity contribution in [2.75, 3.05) is 31.3 Å². The van der Waals surface area contributed by atoms with Crippen LogP contribution in [0.15, 0.2) is 0 Å². The maximum atomic E-state index is 9.10. The Bertz CT molecular complexity index is 237. The molecule has 0 aliphatic rings. The molecule has 22 heavy (non-hydrogen) atoms. The Labute approximate surface area is 141 Å². The highest BCUT2D eigenvalue weighted by atomic mass is 31.2.